The minimum absolute atomic E-state index is 0. The van der Waals surface area contributed by atoms with E-state index in [1.807, 2.05) is 37.3 Å². The number of halogens is 1. The molecule has 0 spiro atoms. The number of rotatable bonds is 6. The summed E-state index contributed by atoms with van der Waals surface area (Å²) in [4.78, 5) is 21.7. The van der Waals surface area contributed by atoms with Crippen molar-refractivity contribution in [2.45, 2.75) is 25.6 Å². The molecule has 2 unspecified atom stereocenters. The number of guanidine groups is 1. The number of nitrogens with one attached hydrogen (secondary N) is 2. The number of hydrogen-bond donors (Lipinski definition) is 2. The fraction of sp³-hybridized carbons (Fsp3) is 0.417. The van der Waals surface area contributed by atoms with E-state index in [9.17, 15) is 4.79 Å². The summed E-state index contributed by atoms with van der Waals surface area (Å²) in [5.41, 5.74) is 2.10. The molecule has 0 radical (unpaired) electrons. The van der Waals surface area contributed by atoms with E-state index in [0.717, 1.165) is 51.0 Å². The van der Waals surface area contributed by atoms with Gasteiger partial charge in [-0.15, -0.1) is 24.0 Å². The Labute approximate surface area is 207 Å². The zero-order valence-corrected chi connectivity index (χ0v) is 20.8. The van der Waals surface area contributed by atoms with Gasteiger partial charge < -0.3 is 20.3 Å². The Bertz CT molecular complexity index is 880. The number of benzene rings is 2. The Morgan fingerprint density at radius 3 is 2.53 bits per heavy atom. The van der Waals surface area contributed by atoms with Crippen molar-refractivity contribution < 1.29 is 9.53 Å². The molecule has 2 N–H and O–H groups in total. The second-order valence-electron chi connectivity index (χ2n) is 7.92. The first kappa shape index (κ1) is 24.5. The van der Waals surface area contributed by atoms with E-state index in [-0.39, 0.29) is 42.5 Å². The molecule has 0 aromatic heterocycles. The predicted octanol–water partition coefficient (Wildman–Crippen LogP) is 2.79. The van der Waals surface area contributed by atoms with Crippen LogP contribution in [0.5, 0.6) is 0 Å². The van der Waals surface area contributed by atoms with Gasteiger partial charge in [0.1, 0.15) is 6.54 Å². The molecular formula is C24H32IN5O2. The molecule has 172 valence electrons. The SMILES string of the molecule is CCNC(=NCC(=O)Nc1ccccc1)N1CC2OCCN(Cc3ccccc3)C2C1.I. The summed E-state index contributed by atoms with van der Waals surface area (Å²) in [5.74, 6) is 0.642. The highest BCUT2D eigenvalue weighted by Gasteiger charge is 2.41. The normalized spacial score (nSPS) is 20.9. The van der Waals surface area contributed by atoms with Gasteiger partial charge in [0.2, 0.25) is 5.91 Å². The summed E-state index contributed by atoms with van der Waals surface area (Å²) in [7, 11) is 0. The molecule has 2 aliphatic heterocycles. The zero-order valence-electron chi connectivity index (χ0n) is 18.4. The third kappa shape index (κ3) is 6.43. The average molecular weight is 549 g/mol. The number of morpholine rings is 1. The van der Waals surface area contributed by atoms with E-state index in [4.69, 9.17) is 4.74 Å². The van der Waals surface area contributed by atoms with Crippen molar-refractivity contribution in [2.24, 2.45) is 4.99 Å². The highest BCUT2D eigenvalue weighted by Crippen LogP contribution is 2.24. The number of amides is 1. The van der Waals surface area contributed by atoms with Crippen molar-refractivity contribution >= 4 is 41.5 Å². The number of anilines is 1. The highest BCUT2D eigenvalue weighted by molar-refractivity contribution is 14.0. The van der Waals surface area contributed by atoms with Crippen molar-refractivity contribution in [1.29, 1.82) is 0 Å². The predicted molar refractivity (Wildman–Crippen MR) is 138 cm³/mol. The third-order valence-electron chi connectivity index (χ3n) is 5.71. The molecule has 2 atom stereocenters. The van der Waals surface area contributed by atoms with Crippen molar-refractivity contribution in [3.8, 4) is 0 Å². The van der Waals surface area contributed by atoms with E-state index < -0.39 is 0 Å². The molecule has 2 aromatic carbocycles. The maximum Gasteiger partial charge on any atom is 0.246 e. The topological polar surface area (TPSA) is 69.2 Å². The van der Waals surface area contributed by atoms with Crippen LogP contribution in [0.4, 0.5) is 5.69 Å². The Kier molecular flexibility index (Phi) is 9.31. The second-order valence-corrected chi connectivity index (χ2v) is 7.92. The van der Waals surface area contributed by atoms with Gasteiger partial charge in [-0.2, -0.15) is 0 Å². The smallest absolute Gasteiger partial charge is 0.246 e. The molecule has 0 saturated carbocycles. The fourth-order valence-corrected chi connectivity index (χ4v) is 4.24. The second kappa shape index (κ2) is 12.2. The van der Waals surface area contributed by atoms with Crippen molar-refractivity contribution in [1.82, 2.24) is 15.1 Å². The lowest BCUT2D eigenvalue weighted by Gasteiger charge is -2.36. The van der Waals surface area contributed by atoms with Gasteiger partial charge in [-0.1, -0.05) is 48.5 Å². The first-order chi connectivity index (χ1) is 15.2. The van der Waals surface area contributed by atoms with E-state index in [1.54, 1.807) is 0 Å². The standard InChI is InChI=1S/C24H31N5O2.HI/c1-2-25-24(26-15-23(30)27-20-11-7-4-8-12-20)29-17-21-22(18-29)31-14-13-28(21)16-19-9-5-3-6-10-19;/h3-12,21-22H,2,13-18H2,1H3,(H,25,26)(H,27,30);1H. The van der Waals surface area contributed by atoms with Crippen molar-refractivity contribution in [3.63, 3.8) is 0 Å². The molecule has 2 fully saturated rings. The molecule has 1 amide bonds. The van der Waals surface area contributed by atoms with Gasteiger partial charge in [-0.3, -0.25) is 9.69 Å². The number of carbonyl (C=O) groups excluding carboxylic acids is 1. The Hall–Kier alpha value is -2.17. The van der Waals surface area contributed by atoms with Crippen LogP contribution in [0.1, 0.15) is 12.5 Å². The van der Waals surface area contributed by atoms with Crippen LogP contribution in [0, 0.1) is 0 Å². The number of likely N-dealkylation sites (tertiary alicyclic amines) is 1. The molecule has 0 bridgehead atoms. The first-order valence-electron chi connectivity index (χ1n) is 11.0. The van der Waals surface area contributed by atoms with Gasteiger partial charge in [-0.05, 0) is 24.6 Å². The minimum atomic E-state index is -0.125. The largest absolute Gasteiger partial charge is 0.373 e. The number of aliphatic imine (C=N–C) groups is 1. The van der Waals surface area contributed by atoms with Crippen molar-refractivity contribution in [3.05, 3.63) is 66.2 Å². The van der Waals surface area contributed by atoms with E-state index in [2.05, 4.69) is 55.8 Å². The Morgan fingerprint density at radius 1 is 1.09 bits per heavy atom. The number of nitrogens with zero attached hydrogens (tertiary/aromatic N) is 3. The van der Waals surface area contributed by atoms with Crippen LogP contribution in [-0.4, -0.2) is 73.1 Å². The number of ether oxygens (including phenoxy) is 1. The summed E-state index contributed by atoms with van der Waals surface area (Å²) < 4.78 is 6.09. The van der Waals surface area contributed by atoms with Crippen LogP contribution >= 0.6 is 24.0 Å². The molecule has 8 heteroatoms. The highest BCUT2D eigenvalue weighted by atomic mass is 127. The zero-order chi connectivity index (χ0) is 21.5. The molecule has 7 nitrogen and oxygen atoms in total. The van der Waals surface area contributed by atoms with Gasteiger partial charge in [0.15, 0.2) is 5.96 Å². The lowest BCUT2D eigenvalue weighted by Crippen LogP contribution is -2.50. The van der Waals surface area contributed by atoms with Gasteiger partial charge in [-0.25, -0.2) is 4.99 Å². The molecule has 0 aliphatic carbocycles. The Balaban J connectivity index is 0.00000289. The maximum absolute atomic E-state index is 12.3. The summed E-state index contributed by atoms with van der Waals surface area (Å²) in [5, 5.41) is 6.23. The third-order valence-corrected chi connectivity index (χ3v) is 5.71. The summed E-state index contributed by atoms with van der Waals surface area (Å²) in [6, 6.07) is 20.4. The average Bonchev–Trinajstić information content (AvgIpc) is 3.23. The minimum Gasteiger partial charge on any atom is -0.373 e. The number of fused-ring (bicyclic) bond motifs is 1. The van der Waals surface area contributed by atoms with Crippen LogP contribution in [0.2, 0.25) is 0 Å². The Morgan fingerprint density at radius 2 is 1.81 bits per heavy atom. The monoisotopic (exact) mass is 549 g/mol. The van der Waals surface area contributed by atoms with Gasteiger partial charge in [0.25, 0.3) is 0 Å². The number of para-hydroxylation sites is 1. The molecule has 2 aliphatic rings. The molecule has 2 aromatic rings. The molecule has 4 rings (SSSR count). The quantitative estimate of drug-likeness (QED) is 0.330. The summed E-state index contributed by atoms with van der Waals surface area (Å²) >= 11 is 0. The van der Waals surface area contributed by atoms with Gasteiger partial charge in [0, 0.05) is 38.4 Å². The molecular weight excluding hydrogens is 517 g/mol. The van der Waals surface area contributed by atoms with E-state index in [0.29, 0.717) is 6.04 Å². The number of hydrogen-bond acceptors (Lipinski definition) is 4. The van der Waals surface area contributed by atoms with Crippen LogP contribution in [0.25, 0.3) is 0 Å². The van der Waals surface area contributed by atoms with Crippen LogP contribution < -0.4 is 10.6 Å². The number of carbonyl (C=O) groups is 1. The van der Waals surface area contributed by atoms with E-state index >= 15 is 0 Å². The molecule has 2 heterocycles. The van der Waals surface area contributed by atoms with Crippen LogP contribution in [-0.2, 0) is 16.1 Å². The lowest BCUT2D eigenvalue weighted by atomic mass is 10.1. The van der Waals surface area contributed by atoms with Gasteiger partial charge >= 0.3 is 0 Å². The summed E-state index contributed by atoms with van der Waals surface area (Å²) in [6.07, 6.45) is 0.152. The van der Waals surface area contributed by atoms with Crippen LogP contribution in [0.3, 0.4) is 0 Å². The lowest BCUT2D eigenvalue weighted by molar-refractivity contribution is -0.114. The van der Waals surface area contributed by atoms with E-state index in [1.165, 1.54) is 5.56 Å². The molecule has 32 heavy (non-hydrogen) atoms. The first-order valence-corrected chi connectivity index (χ1v) is 11.0. The molecule has 2 saturated heterocycles. The van der Waals surface area contributed by atoms with Crippen molar-refractivity contribution in [2.75, 3.05) is 44.6 Å². The van der Waals surface area contributed by atoms with Gasteiger partial charge in [0.05, 0.1) is 18.8 Å². The fourth-order valence-electron chi connectivity index (χ4n) is 4.24. The summed E-state index contributed by atoms with van der Waals surface area (Å²) in [6.45, 7) is 7.09. The maximum atomic E-state index is 12.3. The van der Waals surface area contributed by atoms with Crippen LogP contribution in [0.15, 0.2) is 65.7 Å².